The number of H-pyrrole nitrogens is 1. The Morgan fingerprint density at radius 2 is 2.38 bits per heavy atom. The molecule has 1 N–H and O–H groups in total. The molecule has 0 bridgehead atoms. The van der Waals surface area contributed by atoms with E-state index >= 15 is 0 Å². The third-order valence-corrected chi connectivity index (χ3v) is 3.06. The standard InChI is InChI=1S/C11H11N3O2/c1-16-10(15)11(3-4-11)9-13-7-2-5-12-6-8(7)14-9/h2,5-6H,3-4H2,1H3,(H,13,14). The Morgan fingerprint density at radius 3 is 3.00 bits per heavy atom. The van der Waals surface area contributed by atoms with E-state index in [2.05, 4.69) is 15.0 Å². The van der Waals surface area contributed by atoms with Crippen molar-refractivity contribution in [3.8, 4) is 0 Å². The van der Waals surface area contributed by atoms with Crippen LogP contribution in [0.15, 0.2) is 18.5 Å². The Labute approximate surface area is 91.9 Å². The van der Waals surface area contributed by atoms with Crippen LogP contribution in [0.5, 0.6) is 0 Å². The van der Waals surface area contributed by atoms with E-state index in [-0.39, 0.29) is 5.97 Å². The van der Waals surface area contributed by atoms with Crippen LogP contribution < -0.4 is 0 Å². The van der Waals surface area contributed by atoms with E-state index in [9.17, 15) is 4.79 Å². The summed E-state index contributed by atoms with van der Waals surface area (Å²) in [7, 11) is 1.41. The first-order valence-electron chi connectivity index (χ1n) is 5.15. The Kier molecular flexibility index (Phi) is 1.77. The van der Waals surface area contributed by atoms with E-state index in [4.69, 9.17) is 4.74 Å². The number of aromatic amines is 1. The molecule has 0 amide bonds. The van der Waals surface area contributed by atoms with Gasteiger partial charge in [-0.1, -0.05) is 0 Å². The van der Waals surface area contributed by atoms with Gasteiger partial charge in [-0.05, 0) is 18.9 Å². The minimum Gasteiger partial charge on any atom is -0.468 e. The maximum Gasteiger partial charge on any atom is 0.319 e. The number of ether oxygens (including phenoxy) is 1. The van der Waals surface area contributed by atoms with Crippen LogP contribution in [0.25, 0.3) is 11.0 Å². The average molecular weight is 217 g/mol. The van der Waals surface area contributed by atoms with E-state index < -0.39 is 5.41 Å². The summed E-state index contributed by atoms with van der Waals surface area (Å²) < 4.78 is 4.81. The number of hydrogen-bond donors (Lipinski definition) is 1. The molecule has 0 aromatic carbocycles. The number of esters is 1. The molecule has 0 unspecified atom stereocenters. The van der Waals surface area contributed by atoms with Crippen molar-refractivity contribution < 1.29 is 9.53 Å². The fourth-order valence-corrected chi connectivity index (χ4v) is 1.94. The molecule has 1 aliphatic carbocycles. The summed E-state index contributed by atoms with van der Waals surface area (Å²) in [4.78, 5) is 23.2. The van der Waals surface area contributed by atoms with Crippen LogP contribution in [0.2, 0.25) is 0 Å². The van der Waals surface area contributed by atoms with E-state index in [0.29, 0.717) is 5.82 Å². The van der Waals surface area contributed by atoms with Crippen molar-refractivity contribution in [2.75, 3.05) is 7.11 Å². The average Bonchev–Trinajstić information content (AvgIpc) is 3.01. The molecule has 1 fully saturated rings. The summed E-state index contributed by atoms with van der Waals surface area (Å²) in [6.07, 6.45) is 4.99. The first-order valence-corrected chi connectivity index (χ1v) is 5.15. The lowest BCUT2D eigenvalue weighted by Crippen LogP contribution is -2.23. The largest absolute Gasteiger partial charge is 0.468 e. The quantitative estimate of drug-likeness (QED) is 0.766. The van der Waals surface area contributed by atoms with Crippen molar-refractivity contribution in [3.63, 3.8) is 0 Å². The third-order valence-electron chi connectivity index (χ3n) is 3.06. The minimum absolute atomic E-state index is 0.209. The highest BCUT2D eigenvalue weighted by molar-refractivity contribution is 5.87. The lowest BCUT2D eigenvalue weighted by molar-refractivity contribution is -0.143. The van der Waals surface area contributed by atoms with Gasteiger partial charge in [-0.2, -0.15) is 0 Å². The van der Waals surface area contributed by atoms with Crippen molar-refractivity contribution in [3.05, 3.63) is 24.3 Å². The number of methoxy groups -OCH3 is 1. The molecule has 5 heteroatoms. The summed E-state index contributed by atoms with van der Waals surface area (Å²) >= 11 is 0. The zero-order valence-corrected chi connectivity index (χ0v) is 8.86. The topological polar surface area (TPSA) is 67.9 Å². The molecule has 5 nitrogen and oxygen atoms in total. The van der Waals surface area contributed by atoms with Gasteiger partial charge in [-0.25, -0.2) is 4.98 Å². The summed E-state index contributed by atoms with van der Waals surface area (Å²) in [5.41, 5.74) is 1.15. The van der Waals surface area contributed by atoms with Gasteiger partial charge >= 0.3 is 5.97 Å². The van der Waals surface area contributed by atoms with Gasteiger partial charge in [0.25, 0.3) is 0 Å². The molecular weight excluding hydrogens is 206 g/mol. The number of hydrogen-bond acceptors (Lipinski definition) is 4. The van der Waals surface area contributed by atoms with Crippen molar-refractivity contribution in [1.82, 2.24) is 15.0 Å². The molecule has 2 aromatic heterocycles. The number of aromatic nitrogens is 3. The zero-order valence-electron chi connectivity index (χ0n) is 8.86. The van der Waals surface area contributed by atoms with Gasteiger partial charge in [0.15, 0.2) is 0 Å². The maximum absolute atomic E-state index is 11.7. The summed E-state index contributed by atoms with van der Waals surface area (Å²) in [5.74, 6) is 0.488. The van der Waals surface area contributed by atoms with Gasteiger partial charge < -0.3 is 9.72 Å². The van der Waals surface area contributed by atoms with Gasteiger partial charge in [-0.15, -0.1) is 0 Å². The van der Waals surface area contributed by atoms with Crippen LogP contribution in [0.1, 0.15) is 18.7 Å². The van der Waals surface area contributed by atoms with Gasteiger partial charge in [-0.3, -0.25) is 9.78 Å². The summed E-state index contributed by atoms with van der Waals surface area (Å²) in [6.45, 7) is 0. The van der Waals surface area contributed by atoms with E-state index in [1.54, 1.807) is 12.4 Å². The first-order chi connectivity index (χ1) is 7.76. The van der Waals surface area contributed by atoms with Crippen LogP contribution in [0.3, 0.4) is 0 Å². The van der Waals surface area contributed by atoms with Gasteiger partial charge in [0.2, 0.25) is 0 Å². The van der Waals surface area contributed by atoms with Gasteiger partial charge in [0.1, 0.15) is 11.2 Å². The van der Waals surface area contributed by atoms with Crippen molar-refractivity contribution in [2.24, 2.45) is 0 Å². The smallest absolute Gasteiger partial charge is 0.319 e. The number of carbonyl (C=O) groups is 1. The summed E-state index contributed by atoms with van der Waals surface area (Å²) in [5, 5.41) is 0. The van der Waals surface area contributed by atoms with Crippen molar-refractivity contribution in [2.45, 2.75) is 18.3 Å². The van der Waals surface area contributed by atoms with Crippen LogP contribution in [0.4, 0.5) is 0 Å². The molecule has 1 saturated carbocycles. The minimum atomic E-state index is -0.534. The molecule has 0 aliphatic heterocycles. The maximum atomic E-state index is 11.7. The normalized spacial score (nSPS) is 17.3. The molecule has 2 heterocycles. The molecule has 0 atom stereocenters. The van der Waals surface area contributed by atoms with Gasteiger partial charge in [0.05, 0.1) is 24.3 Å². The number of nitrogens with one attached hydrogen (secondary N) is 1. The Morgan fingerprint density at radius 1 is 1.56 bits per heavy atom. The highest BCUT2D eigenvalue weighted by atomic mass is 16.5. The SMILES string of the molecule is COC(=O)C1(c2nc3ccncc3[nH]2)CC1. The second-order valence-corrected chi connectivity index (χ2v) is 4.05. The molecular formula is C11H11N3O2. The molecule has 0 radical (unpaired) electrons. The summed E-state index contributed by atoms with van der Waals surface area (Å²) in [6, 6.07) is 1.82. The second kappa shape index (κ2) is 3.04. The van der Waals surface area contributed by atoms with Crippen LogP contribution in [0, 0.1) is 0 Å². The highest BCUT2D eigenvalue weighted by Gasteiger charge is 2.55. The molecule has 2 aromatic rings. The van der Waals surface area contributed by atoms with Gasteiger partial charge in [0, 0.05) is 6.20 Å². The number of imidazole rings is 1. The predicted molar refractivity (Wildman–Crippen MR) is 56.8 cm³/mol. The second-order valence-electron chi connectivity index (χ2n) is 4.05. The van der Waals surface area contributed by atoms with E-state index in [1.807, 2.05) is 6.07 Å². The number of carbonyl (C=O) groups excluding carboxylic acids is 1. The Bertz CT molecular complexity index is 524. The lowest BCUT2D eigenvalue weighted by atomic mass is 10.1. The van der Waals surface area contributed by atoms with Crippen molar-refractivity contribution in [1.29, 1.82) is 0 Å². The van der Waals surface area contributed by atoms with Crippen molar-refractivity contribution >= 4 is 17.0 Å². The molecule has 0 spiro atoms. The van der Waals surface area contributed by atoms with E-state index in [1.165, 1.54) is 7.11 Å². The fraction of sp³-hybridized carbons (Fsp3) is 0.364. The molecule has 1 aliphatic rings. The third kappa shape index (κ3) is 1.14. The van der Waals surface area contributed by atoms with Crippen LogP contribution in [-0.2, 0) is 14.9 Å². The predicted octanol–water partition coefficient (Wildman–Crippen LogP) is 1.16. The number of rotatable bonds is 2. The molecule has 0 saturated heterocycles. The fourth-order valence-electron chi connectivity index (χ4n) is 1.94. The van der Waals surface area contributed by atoms with E-state index in [0.717, 1.165) is 23.9 Å². The molecule has 3 rings (SSSR count). The zero-order chi connectivity index (χ0) is 11.2. The lowest BCUT2D eigenvalue weighted by Gasteiger charge is -2.08. The van der Waals surface area contributed by atoms with Crippen LogP contribution in [-0.4, -0.2) is 28.0 Å². The first kappa shape index (κ1) is 9.33. The molecule has 82 valence electrons. The molecule has 16 heavy (non-hydrogen) atoms. The Hall–Kier alpha value is -1.91. The number of pyridine rings is 1. The monoisotopic (exact) mass is 217 g/mol. The number of nitrogens with zero attached hydrogens (tertiary/aromatic N) is 2. The highest BCUT2D eigenvalue weighted by Crippen LogP contribution is 2.48. The van der Waals surface area contributed by atoms with Crippen LogP contribution >= 0.6 is 0 Å². The number of fused-ring (bicyclic) bond motifs is 1. The Balaban J connectivity index is 2.10.